The third kappa shape index (κ3) is 4.91. The van der Waals surface area contributed by atoms with Crippen LogP contribution in [0.5, 0.6) is 0 Å². The van der Waals surface area contributed by atoms with Gasteiger partial charge in [-0.25, -0.2) is 0 Å². The lowest BCUT2D eigenvalue weighted by Gasteiger charge is -2.25. The van der Waals surface area contributed by atoms with Crippen molar-refractivity contribution in [1.29, 1.82) is 0 Å². The minimum Gasteiger partial charge on any atom is -0.355 e. The zero-order chi connectivity index (χ0) is 21.6. The number of carbonyl (C=O) groups excluding carboxylic acids is 2. The first-order chi connectivity index (χ1) is 15.1. The molecule has 1 fully saturated rings. The SMILES string of the molecule is CC(=O)NCc1ccc(C2CCCN2C(=O)c2ccccc2Nc2ccccc2)nc1. The third-order valence-corrected chi connectivity index (χ3v) is 5.45. The normalized spacial score (nSPS) is 15.5. The summed E-state index contributed by atoms with van der Waals surface area (Å²) in [5, 5.41) is 6.14. The van der Waals surface area contributed by atoms with Crippen LogP contribution in [0, 0.1) is 0 Å². The molecular formula is C25H26N4O2. The molecule has 0 aliphatic carbocycles. The molecule has 1 saturated heterocycles. The lowest BCUT2D eigenvalue weighted by molar-refractivity contribution is -0.119. The fourth-order valence-electron chi connectivity index (χ4n) is 3.89. The summed E-state index contributed by atoms with van der Waals surface area (Å²) in [6.07, 6.45) is 3.61. The third-order valence-electron chi connectivity index (χ3n) is 5.45. The number of likely N-dealkylation sites (tertiary alicyclic amines) is 1. The summed E-state index contributed by atoms with van der Waals surface area (Å²) >= 11 is 0. The number of benzene rings is 2. The van der Waals surface area contributed by atoms with Gasteiger partial charge in [0.25, 0.3) is 5.91 Å². The van der Waals surface area contributed by atoms with Crippen molar-refractivity contribution in [3.63, 3.8) is 0 Å². The monoisotopic (exact) mass is 414 g/mol. The van der Waals surface area contributed by atoms with Crippen molar-refractivity contribution in [3.05, 3.63) is 89.7 Å². The Hall–Kier alpha value is -3.67. The predicted molar refractivity (Wildman–Crippen MR) is 121 cm³/mol. The van der Waals surface area contributed by atoms with Gasteiger partial charge >= 0.3 is 0 Å². The summed E-state index contributed by atoms with van der Waals surface area (Å²) in [5.74, 6) is -0.0647. The molecule has 1 aromatic heterocycles. The maximum Gasteiger partial charge on any atom is 0.256 e. The van der Waals surface area contributed by atoms with Gasteiger partial charge in [0.2, 0.25) is 5.91 Å². The molecule has 1 atom stereocenters. The Morgan fingerprint density at radius 1 is 1.03 bits per heavy atom. The largest absolute Gasteiger partial charge is 0.355 e. The number of anilines is 2. The van der Waals surface area contributed by atoms with E-state index in [0.717, 1.165) is 35.5 Å². The van der Waals surface area contributed by atoms with Gasteiger partial charge < -0.3 is 15.5 Å². The quantitative estimate of drug-likeness (QED) is 0.625. The number of para-hydroxylation sites is 2. The average molecular weight is 415 g/mol. The standard InChI is InChI=1S/C25H26N4O2/c1-18(30)26-16-19-13-14-23(27-17-19)24-12-7-15-29(24)25(31)21-10-5-6-11-22(21)28-20-8-3-2-4-9-20/h2-6,8-11,13-14,17,24,28H,7,12,15-16H2,1H3,(H,26,30). The lowest BCUT2D eigenvalue weighted by Crippen LogP contribution is -2.31. The molecule has 2 N–H and O–H groups in total. The number of nitrogens with zero attached hydrogens (tertiary/aromatic N) is 2. The number of amides is 2. The highest BCUT2D eigenvalue weighted by Gasteiger charge is 2.32. The Bertz CT molecular complexity index is 1050. The van der Waals surface area contributed by atoms with Crippen LogP contribution in [0.15, 0.2) is 72.9 Å². The molecule has 6 nitrogen and oxygen atoms in total. The zero-order valence-electron chi connectivity index (χ0n) is 17.5. The van der Waals surface area contributed by atoms with E-state index in [2.05, 4.69) is 15.6 Å². The summed E-state index contributed by atoms with van der Waals surface area (Å²) in [7, 11) is 0. The van der Waals surface area contributed by atoms with Gasteiger partial charge in [0, 0.05) is 31.9 Å². The molecule has 4 rings (SSSR count). The molecule has 0 radical (unpaired) electrons. The van der Waals surface area contributed by atoms with Gasteiger partial charge in [0.1, 0.15) is 0 Å². The van der Waals surface area contributed by atoms with Gasteiger partial charge in [-0.1, -0.05) is 36.4 Å². The number of hydrogen-bond donors (Lipinski definition) is 2. The Balaban J connectivity index is 1.53. The highest BCUT2D eigenvalue weighted by Crippen LogP contribution is 2.33. The van der Waals surface area contributed by atoms with Crippen LogP contribution in [-0.2, 0) is 11.3 Å². The Morgan fingerprint density at radius 2 is 1.81 bits per heavy atom. The van der Waals surface area contributed by atoms with E-state index in [1.54, 1.807) is 6.20 Å². The van der Waals surface area contributed by atoms with E-state index < -0.39 is 0 Å². The van der Waals surface area contributed by atoms with E-state index in [-0.39, 0.29) is 17.9 Å². The van der Waals surface area contributed by atoms with E-state index in [1.807, 2.05) is 71.6 Å². The summed E-state index contributed by atoms with van der Waals surface area (Å²) in [5.41, 5.74) is 4.21. The van der Waals surface area contributed by atoms with Crippen molar-refractivity contribution in [3.8, 4) is 0 Å². The summed E-state index contributed by atoms with van der Waals surface area (Å²) in [6, 6.07) is 21.3. The maximum atomic E-state index is 13.5. The first kappa shape index (κ1) is 20.6. The van der Waals surface area contributed by atoms with Crippen molar-refractivity contribution in [1.82, 2.24) is 15.2 Å². The fourth-order valence-corrected chi connectivity index (χ4v) is 3.89. The van der Waals surface area contributed by atoms with Gasteiger partial charge in [0.05, 0.1) is 23.0 Å². The van der Waals surface area contributed by atoms with Gasteiger partial charge in [-0.15, -0.1) is 0 Å². The first-order valence-electron chi connectivity index (χ1n) is 10.5. The topological polar surface area (TPSA) is 74.3 Å². The molecule has 0 bridgehead atoms. The van der Waals surface area contributed by atoms with Gasteiger partial charge in [0.15, 0.2) is 0 Å². The minimum absolute atomic E-state index is 0.00524. The number of rotatable bonds is 6. The average Bonchev–Trinajstić information content (AvgIpc) is 3.29. The van der Waals surface area contributed by atoms with E-state index in [0.29, 0.717) is 18.7 Å². The number of aromatic nitrogens is 1. The van der Waals surface area contributed by atoms with Gasteiger partial charge in [-0.05, 0) is 48.7 Å². The van der Waals surface area contributed by atoms with Crippen LogP contribution in [0.1, 0.15) is 47.4 Å². The summed E-state index contributed by atoms with van der Waals surface area (Å²) in [6.45, 7) is 2.65. The second-order valence-corrected chi connectivity index (χ2v) is 7.69. The highest BCUT2D eigenvalue weighted by molar-refractivity contribution is 6.00. The Morgan fingerprint density at radius 3 is 2.55 bits per heavy atom. The molecule has 1 aliphatic heterocycles. The fraction of sp³-hybridized carbons (Fsp3) is 0.240. The smallest absolute Gasteiger partial charge is 0.256 e. The summed E-state index contributed by atoms with van der Waals surface area (Å²) < 4.78 is 0. The minimum atomic E-state index is -0.0700. The highest BCUT2D eigenvalue weighted by atomic mass is 16.2. The zero-order valence-corrected chi connectivity index (χ0v) is 17.5. The first-order valence-corrected chi connectivity index (χ1v) is 10.5. The van der Waals surface area contributed by atoms with Crippen LogP contribution in [0.25, 0.3) is 0 Å². The van der Waals surface area contributed by atoms with Crippen LogP contribution in [-0.4, -0.2) is 28.2 Å². The molecule has 31 heavy (non-hydrogen) atoms. The number of nitrogens with one attached hydrogen (secondary N) is 2. The lowest BCUT2D eigenvalue weighted by atomic mass is 10.1. The van der Waals surface area contributed by atoms with Crippen LogP contribution in [0.3, 0.4) is 0 Å². The molecule has 0 spiro atoms. The van der Waals surface area contributed by atoms with Crippen molar-refractivity contribution in [2.24, 2.45) is 0 Å². The van der Waals surface area contributed by atoms with E-state index in [1.165, 1.54) is 6.92 Å². The molecule has 0 saturated carbocycles. The summed E-state index contributed by atoms with van der Waals surface area (Å²) in [4.78, 5) is 31.1. The molecule has 2 heterocycles. The van der Waals surface area contributed by atoms with E-state index in [4.69, 9.17) is 0 Å². The molecule has 2 aromatic carbocycles. The van der Waals surface area contributed by atoms with Crippen LogP contribution >= 0.6 is 0 Å². The molecule has 158 valence electrons. The van der Waals surface area contributed by atoms with Crippen molar-refractivity contribution >= 4 is 23.2 Å². The van der Waals surface area contributed by atoms with Crippen LogP contribution in [0.4, 0.5) is 11.4 Å². The number of carbonyl (C=O) groups is 2. The molecule has 1 unspecified atom stereocenters. The van der Waals surface area contributed by atoms with Gasteiger partial charge in [-0.2, -0.15) is 0 Å². The Kier molecular flexibility index (Phi) is 6.26. The predicted octanol–water partition coefficient (Wildman–Crippen LogP) is 4.44. The van der Waals surface area contributed by atoms with E-state index >= 15 is 0 Å². The van der Waals surface area contributed by atoms with Crippen LogP contribution < -0.4 is 10.6 Å². The molecular weight excluding hydrogens is 388 g/mol. The second-order valence-electron chi connectivity index (χ2n) is 7.69. The number of hydrogen-bond acceptors (Lipinski definition) is 4. The van der Waals surface area contributed by atoms with E-state index in [9.17, 15) is 9.59 Å². The van der Waals surface area contributed by atoms with Crippen LogP contribution in [0.2, 0.25) is 0 Å². The Labute approximate surface area is 182 Å². The molecule has 6 heteroatoms. The van der Waals surface area contributed by atoms with Crippen molar-refractivity contribution in [2.75, 3.05) is 11.9 Å². The van der Waals surface area contributed by atoms with Gasteiger partial charge in [-0.3, -0.25) is 14.6 Å². The molecule has 3 aromatic rings. The molecule has 1 aliphatic rings. The number of pyridine rings is 1. The van der Waals surface area contributed by atoms with Crippen molar-refractivity contribution < 1.29 is 9.59 Å². The maximum absolute atomic E-state index is 13.5. The molecule has 2 amide bonds. The van der Waals surface area contributed by atoms with Crippen molar-refractivity contribution in [2.45, 2.75) is 32.4 Å². The second kappa shape index (κ2) is 9.43.